The van der Waals surface area contributed by atoms with Crippen LogP contribution in [0.2, 0.25) is 15.1 Å². The summed E-state index contributed by atoms with van der Waals surface area (Å²) < 4.78 is 17.7. The number of esters is 1. The molecule has 0 atom stereocenters. The van der Waals surface area contributed by atoms with Crippen molar-refractivity contribution >= 4 is 52.4 Å². The van der Waals surface area contributed by atoms with Crippen LogP contribution in [0.15, 0.2) is 36.4 Å². The molecular formula is C15H9Cl3FNO3. The molecule has 2 aromatic rings. The second-order valence-electron chi connectivity index (χ2n) is 4.35. The molecule has 120 valence electrons. The molecule has 0 heterocycles. The van der Waals surface area contributed by atoms with Crippen LogP contribution in [-0.2, 0) is 9.53 Å². The lowest BCUT2D eigenvalue weighted by Gasteiger charge is -2.10. The number of nitrogens with one attached hydrogen (secondary N) is 1. The Morgan fingerprint density at radius 3 is 2.30 bits per heavy atom. The molecule has 2 rings (SSSR count). The molecule has 0 aromatic heterocycles. The highest BCUT2D eigenvalue weighted by Crippen LogP contribution is 2.29. The molecule has 0 aliphatic carbocycles. The lowest BCUT2D eigenvalue weighted by atomic mass is 10.2. The van der Waals surface area contributed by atoms with Crippen molar-refractivity contribution in [1.29, 1.82) is 0 Å². The van der Waals surface area contributed by atoms with Crippen LogP contribution in [0.5, 0.6) is 0 Å². The van der Waals surface area contributed by atoms with Crippen LogP contribution in [0.1, 0.15) is 10.4 Å². The molecule has 1 amide bonds. The average Bonchev–Trinajstić information content (AvgIpc) is 2.49. The number of benzene rings is 2. The summed E-state index contributed by atoms with van der Waals surface area (Å²) in [6, 6.07) is 7.92. The largest absolute Gasteiger partial charge is 0.452 e. The molecule has 23 heavy (non-hydrogen) atoms. The minimum Gasteiger partial charge on any atom is -0.452 e. The van der Waals surface area contributed by atoms with E-state index in [1.807, 2.05) is 0 Å². The third-order valence-electron chi connectivity index (χ3n) is 2.71. The van der Waals surface area contributed by atoms with Crippen molar-refractivity contribution in [3.63, 3.8) is 0 Å². The third-order valence-corrected chi connectivity index (χ3v) is 3.66. The smallest absolute Gasteiger partial charge is 0.340 e. The number of para-hydroxylation sites is 1. The zero-order valence-corrected chi connectivity index (χ0v) is 13.7. The molecule has 0 bridgehead atoms. The summed E-state index contributed by atoms with van der Waals surface area (Å²) in [5.74, 6) is -2.07. The second kappa shape index (κ2) is 7.64. The molecule has 0 saturated carbocycles. The number of hydrogen-bond donors (Lipinski definition) is 1. The first kappa shape index (κ1) is 17.5. The van der Waals surface area contributed by atoms with Gasteiger partial charge in [-0.25, -0.2) is 9.18 Å². The zero-order valence-electron chi connectivity index (χ0n) is 11.4. The van der Waals surface area contributed by atoms with Crippen molar-refractivity contribution in [3.05, 3.63) is 62.8 Å². The number of carbonyl (C=O) groups excluding carboxylic acids is 2. The van der Waals surface area contributed by atoms with Crippen LogP contribution in [-0.4, -0.2) is 18.5 Å². The van der Waals surface area contributed by atoms with Crippen molar-refractivity contribution < 1.29 is 18.7 Å². The maximum Gasteiger partial charge on any atom is 0.340 e. The summed E-state index contributed by atoms with van der Waals surface area (Å²) in [7, 11) is 0. The molecule has 0 aliphatic heterocycles. The van der Waals surface area contributed by atoms with Gasteiger partial charge in [-0.3, -0.25) is 4.79 Å². The Morgan fingerprint density at radius 1 is 1.04 bits per heavy atom. The van der Waals surface area contributed by atoms with Crippen LogP contribution in [0.3, 0.4) is 0 Å². The van der Waals surface area contributed by atoms with Gasteiger partial charge in [-0.05, 0) is 30.3 Å². The average molecular weight is 377 g/mol. The van der Waals surface area contributed by atoms with E-state index in [2.05, 4.69) is 5.32 Å². The van der Waals surface area contributed by atoms with Crippen LogP contribution >= 0.6 is 34.8 Å². The van der Waals surface area contributed by atoms with Gasteiger partial charge in [-0.15, -0.1) is 0 Å². The molecule has 0 spiro atoms. The van der Waals surface area contributed by atoms with Gasteiger partial charge in [0.15, 0.2) is 6.61 Å². The van der Waals surface area contributed by atoms with Gasteiger partial charge in [0.2, 0.25) is 0 Å². The summed E-state index contributed by atoms with van der Waals surface area (Å²) in [6.45, 7) is -0.575. The number of ether oxygens (including phenoxy) is 1. The normalized spacial score (nSPS) is 10.3. The van der Waals surface area contributed by atoms with E-state index in [4.69, 9.17) is 39.5 Å². The number of anilines is 1. The molecule has 8 heteroatoms. The van der Waals surface area contributed by atoms with E-state index in [0.717, 1.165) is 12.1 Å². The Hall–Kier alpha value is -1.82. The predicted molar refractivity (Wildman–Crippen MR) is 86.8 cm³/mol. The van der Waals surface area contributed by atoms with Crippen molar-refractivity contribution in [2.24, 2.45) is 0 Å². The fourth-order valence-electron chi connectivity index (χ4n) is 1.66. The fourth-order valence-corrected chi connectivity index (χ4v) is 2.39. The Labute approximate surface area is 146 Å². The minimum absolute atomic E-state index is 0.0448. The summed E-state index contributed by atoms with van der Waals surface area (Å²) in [5.41, 5.74) is 0.174. The van der Waals surface area contributed by atoms with Gasteiger partial charge >= 0.3 is 5.97 Å². The SMILES string of the molecule is O=C(COC(=O)c1ccc(F)cc1Cl)Nc1c(Cl)cccc1Cl. The number of rotatable bonds is 4. The molecule has 1 N–H and O–H groups in total. The molecule has 0 unspecified atom stereocenters. The highest BCUT2D eigenvalue weighted by atomic mass is 35.5. The monoisotopic (exact) mass is 375 g/mol. The van der Waals surface area contributed by atoms with E-state index in [0.29, 0.717) is 0 Å². The van der Waals surface area contributed by atoms with Crippen molar-refractivity contribution in [3.8, 4) is 0 Å². The van der Waals surface area contributed by atoms with Crippen LogP contribution in [0.25, 0.3) is 0 Å². The number of carbonyl (C=O) groups is 2. The Balaban J connectivity index is 1.98. The standard InChI is InChI=1S/C15H9Cl3FNO3/c16-10-2-1-3-11(17)14(10)20-13(21)7-23-15(22)9-5-4-8(19)6-12(9)18/h1-6H,7H2,(H,20,21). The molecule has 2 aromatic carbocycles. The summed E-state index contributed by atoms with van der Waals surface area (Å²) in [4.78, 5) is 23.6. The Kier molecular flexibility index (Phi) is 5.82. The molecule has 4 nitrogen and oxygen atoms in total. The quantitative estimate of drug-likeness (QED) is 0.795. The summed E-state index contributed by atoms with van der Waals surface area (Å²) >= 11 is 17.6. The van der Waals surface area contributed by atoms with Crippen molar-refractivity contribution in [1.82, 2.24) is 0 Å². The molecule has 0 saturated heterocycles. The second-order valence-corrected chi connectivity index (χ2v) is 5.57. The first-order chi connectivity index (χ1) is 10.9. The van der Waals surface area contributed by atoms with Gasteiger partial charge in [0, 0.05) is 0 Å². The summed E-state index contributed by atoms with van der Waals surface area (Å²) in [6.07, 6.45) is 0. The van der Waals surface area contributed by atoms with E-state index < -0.39 is 24.3 Å². The van der Waals surface area contributed by atoms with E-state index in [1.54, 1.807) is 18.2 Å². The molecule has 0 fully saturated rings. The van der Waals surface area contributed by atoms with Crippen LogP contribution in [0.4, 0.5) is 10.1 Å². The van der Waals surface area contributed by atoms with Gasteiger partial charge in [0.05, 0.1) is 26.3 Å². The lowest BCUT2D eigenvalue weighted by molar-refractivity contribution is -0.119. The van der Waals surface area contributed by atoms with E-state index in [-0.39, 0.29) is 26.3 Å². The number of hydrogen-bond acceptors (Lipinski definition) is 3. The fraction of sp³-hybridized carbons (Fsp3) is 0.0667. The van der Waals surface area contributed by atoms with Gasteiger partial charge in [0.25, 0.3) is 5.91 Å². The van der Waals surface area contributed by atoms with Gasteiger partial charge < -0.3 is 10.1 Å². The van der Waals surface area contributed by atoms with Crippen molar-refractivity contribution in [2.45, 2.75) is 0 Å². The van der Waals surface area contributed by atoms with E-state index in [9.17, 15) is 14.0 Å². The lowest BCUT2D eigenvalue weighted by Crippen LogP contribution is -2.21. The van der Waals surface area contributed by atoms with E-state index >= 15 is 0 Å². The molecule has 0 aliphatic rings. The summed E-state index contributed by atoms with van der Waals surface area (Å²) in [5, 5.41) is 2.83. The van der Waals surface area contributed by atoms with Gasteiger partial charge in [-0.2, -0.15) is 0 Å². The molecule has 0 radical (unpaired) electrons. The number of halogens is 4. The van der Waals surface area contributed by atoms with E-state index in [1.165, 1.54) is 6.07 Å². The van der Waals surface area contributed by atoms with Crippen LogP contribution in [0, 0.1) is 5.82 Å². The van der Waals surface area contributed by atoms with Gasteiger partial charge in [-0.1, -0.05) is 40.9 Å². The van der Waals surface area contributed by atoms with Crippen LogP contribution < -0.4 is 5.32 Å². The van der Waals surface area contributed by atoms with Crippen molar-refractivity contribution in [2.75, 3.05) is 11.9 Å². The third kappa shape index (κ3) is 4.58. The Morgan fingerprint density at radius 2 is 1.70 bits per heavy atom. The topological polar surface area (TPSA) is 55.4 Å². The highest BCUT2D eigenvalue weighted by Gasteiger charge is 2.15. The number of amides is 1. The Bertz CT molecular complexity index is 747. The first-order valence-corrected chi connectivity index (χ1v) is 7.38. The predicted octanol–water partition coefficient (Wildman–Crippen LogP) is 4.58. The molecular weight excluding hydrogens is 368 g/mol. The minimum atomic E-state index is -0.851. The maximum absolute atomic E-state index is 12.9. The van der Waals surface area contributed by atoms with Gasteiger partial charge in [0.1, 0.15) is 5.82 Å². The first-order valence-electron chi connectivity index (χ1n) is 6.24. The highest BCUT2D eigenvalue weighted by molar-refractivity contribution is 6.39. The zero-order chi connectivity index (χ0) is 17.0. The maximum atomic E-state index is 12.9.